The van der Waals surface area contributed by atoms with Crippen LogP contribution in [0.3, 0.4) is 0 Å². The molecule has 0 spiro atoms. The van der Waals surface area contributed by atoms with Gasteiger partial charge in [0, 0.05) is 25.6 Å². The van der Waals surface area contributed by atoms with Crippen LogP contribution >= 0.6 is 0 Å². The molecular weight excluding hydrogens is 328 g/mol. The molecule has 1 aromatic heterocycles. The molecule has 1 saturated heterocycles. The Morgan fingerprint density at radius 1 is 1.27 bits per heavy atom. The van der Waals surface area contributed by atoms with Gasteiger partial charge in [-0.2, -0.15) is 0 Å². The van der Waals surface area contributed by atoms with Crippen LogP contribution in [0.1, 0.15) is 46.5 Å². The Morgan fingerprint density at radius 2 is 2.04 bits per heavy atom. The third-order valence-electron chi connectivity index (χ3n) is 4.89. The molecule has 0 bridgehead atoms. The SMILES string of the molecule is Cc1cc(CCCc2ccccc2)oc(=O)c1C(=O)N1CCCC(N)C1. The van der Waals surface area contributed by atoms with Gasteiger partial charge in [-0.1, -0.05) is 30.3 Å². The molecule has 1 aliphatic rings. The van der Waals surface area contributed by atoms with Crippen molar-refractivity contribution in [1.29, 1.82) is 0 Å². The summed E-state index contributed by atoms with van der Waals surface area (Å²) in [5.74, 6) is 0.373. The Morgan fingerprint density at radius 3 is 2.73 bits per heavy atom. The Balaban J connectivity index is 1.68. The highest BCUT2D eigenvalue weighted by Gasteiger charge is 2.26. The van der Waals surface area contributed by atoms with Crippen molar-refractivity contribution in [2.45, 2.75) is 45.1 Å². The molecule has 2 aromatic rings. The smallest absolute Gasteiger partial charge is 0.349 e. The van der Waals surface area contributed by atoms with Crippen LogP contribution in [0, 0.1) is 6.92 Å². The number of amides is 1. The molecule has 1 unspecified atom stereocenters. The Hall–Kier alpha value is -2.40. The lowest BCUT2D eigenvalue weighted by molar-refractivity contribution is 0.0703. The third kappa shape index (κ3) is 4.41. The van der Waals surface area contributed by atoms with Gasteiger partial charge in [-0.15, -0.1) is 0 Å². The van der Waals surface area contributed by atoms with Crippen LogP contribution in [0.25, 0.3) is 0 Å². The first-order valence-corrected chi connectivity index (χ1v) is 9.27. The van der Waals surface area contributed by atoms with Crippen molar-refractivity contribution in [3.05, 3.63) is 69.3 Å². The Kier molecular flexibility index (Phi) is 5.89. The van der Waals surface area contributed by atoms with Crippen LogP contribution in [0.4, 0.5) is 0 Å². The van der Waals surface area contributed by atoms with Crippen LogP contribution in [-0.4, -0.2) is 29.9 Å². The monoisotopic (exact) mass is 354 g/mol. The second-order valence-electron chi connectivity index (χ2n) is 7.05. The van der Waals surface area contributed by atoms with E-state index in [-0.39, 0.29) is 17.5 Å². The van der Waals surface area contributed by atoms with Gasteiger partial charge in [-0.3, -0.25) is 4.79 Å². The van der Waals surface area contributed by atoms with Crippen molar-refractivity contribution in [2.75, 3.05) is 13.1 Å². The lowest BCUT2D eigenvalue weighted by Gasteiger charge is -2.30. The van der Waals surface area contributed by atoms with E-state index in [2.05, 4.69) is 12.1 Å². The lowest BCUT2D eigenvalue weighted by atomic mass is 10.0. The maximum absolute atomic E-state index is 12.7. The molecule has 5 heteroatoms. The maximum atomic E-state index is 12.7. The van der Waals surface area contributed by atoms with E-state index >= 15 is 0 Å². The van der Waals surface area contributed by atoms with Gasteiger partial charge in [0.05, 0.1) is 0 Å². The zero-order valence-electron chi connectivity index (χ0n) is 15.2. The summed E-state index contributed by atoms with van der Waals surface area (Å²) in [6, 6.07) is 12.0. The zero-order chi connectivity index (χ0) is 18.5. The fraction of sp³-hybridized carbons (Fsp3) is 0.429. The van der Waals surface area contributed by atoms with Crippen LogP contribution in [-0.2, 0) is 12.8 Å². The summed E-state index contributed by atoms with van der Waals surface area (Å²) >= 11 is 0. The van der Waals surface area contributed by atoms with Crippen molar-refractivity contribution in [3.8, 4) is 0 Å². The normalized spacial score (nSPS) is 17.3. The number of carbonyl (C=O) groups excluding carboxylic acids is 1. The molecule has 1 aliphatic heterocycles. The van der Waals surface area contributed by atoms with Crippen molar-refractivity contribution >= 4 is 5.91 Å². The molecule has 1 amide bonds. The standard InChI is InChI=1S/C21H26N2O3/c1-15-13-18(11-5-9-16-7-3-2-4-8-16)26-21(25)19(15)20(24)23-12-6-10-17(22)14-23/h2-4,7-8,13,17H,5-6,9-12,14,22H2,1H3. The van der Waals surface area contributed by atoms with Gasteiger partial charge < -0.3 is 15.1 Å². The molecular formula is C21H26N2O3. The van der Waals surface area contributed by atoms with Gasteiger partial charge in [-0.25, -0.2) is 4.79 Å². The number of benzene rings is 1. The van der Waals surface area contributed by atoms with Gasteiger partial charge in [0.1, 0.15) is 11.3 Å². The molecule has 1 fully saturated rings. The molecule has 138 valence electrons. The van der Waals surface area contributed by atoms with E-state index in [4.69, 9.17) is 10.2 Å². The number of nitrogens with zero attached hydrogens (tertiary/aromatic N) is 1. The maximum Gasteiger partial charge on any atom is 0.349 e. The number of hydrogen-bond acceptors (Lipinski definition) is 4. The minimum Gasteiger partial charge on any atom is -0.427 e. The largest absolute Gasteiger partial charge is 0.427 e. The molecule has 2 N–H and O–H groups in total. The summed E-state index contributed by atoms with van der Waals surface area (Å²) in [5.41, 5.74) is 7.50. The van der Waals surface area contributed by atoms with E-state index in [0.717, 1.165) is 25.7 Å². The molecule has 5 nitrogen and oxygen atoms in total. The zero-order valence-corrected chi connectivity index (χ0v) is 15.2. The van der Waals surface area contributed by atoms with Crippen LogP contribution in [0.5, 0.6) is 0 Å². The van der Waals surface area contributed by atoms with Gasteiger partial charge in [-0.05, 0) is 49.8 Å². The first-order valence-electron chi connectivity index (χ1n) is 9.27. The molecule has 1 atom stereocenters. The van der Waals surface area contributed by atoms with Gasteiger partial charge in [0.25, 0.3) is 5.91 Å². The summed E-state index contributed by atoms with van der Waals surface area (Å²) < 4.78 is 5.43. The molecule has 0 radical (unpaired) electrons. The predicted octanol–water partition coefficient (Wildman–Crippen LogP) is 2.69. The number of carbonyl (C=O) groups is 1. The second-order valence-corrected chi connectivity index (χ2v) is 7.05. The minimum absolute atomic E-state index is 0.0164. The fourth-order valence-corrected chi connectivity index (χ4v) is 3.52. The highest BCUT2D eigenvalue weighted by Crippen LogP contribution is 2.15. The number of nitrogens with two attached hydrogens (primary N) is 1. The molecule has 0 aliphatic carbocycles. The van der Waals surface area contributed by atoms with Crippen LogP contribution in [0.2, 0.25) is 0 Å². The van der Waals surface area contributed by atoms with Crippen LogP contribution in [0.15, 0.2) is 45.6 Å². The van der Waals surface area contributed by atoms with E-state index in [9.17, 15) is 9.59 Å². The number of piperidine rings is 1. The number of likely N-dealkylation sites (tertiary alicyclic amines) is 1. The number of aryl methyl sites for hydroxylation is 3. The summed E-state index contributed by atoms with van der Waals surface area (Å²) in [5, 5.41) is 0. The van der Waals surface area contributed by atoms with Crippen LogP contribution < -0.4 is 11.4 Å². The summed E-state index contributed by atoms with van der Waals surface area (Å²) in [6.45, 7) is 2.94. The topological polar surface area (TPSA) is 76.5 Å². The summed E-state index contributed by atoms with van der Waals surface area (Å²) in [4.78, 5) is 26.8. The molecule has 26 heavy (non-hydrogen) atoms. The van der Waals surface area contributed by atoms with E-state index in [1.165, 1.54) is 5.56 Å². The van der Waals surface area contributed by atoms with E-state index in [1.807, 2.05) is 24.3 Å². The summed E-state index contributed by atoms with van der Waals surface area (Å²) in [6.07, 6.45) is 4.28. The number of hydrogen-bond donors (Lipinski definition) is 1. The van der Waals surface area contributed by atoms with E-state index in [0.29, 0.717) is 30.8 Å². The molecule has 3 rings (SSSR count). The average molecular weight is 354 g/mol. The minimum atomic E-state index is -0.538. The van der Waals surface area contributed by atoms with Crippen molar-refractivity contribution in [3.63, 3.8) is 0 Å². The highest BCUT2D eigenvalue weighted by molar-refractivity contribution is 5.95. The number of rotatable bonds is 5. The quantitative estimate of drug-likeness (QED) is 0.896. The molecule has 2 heterocycles. The lowest BCUT2D eigenvalue weighted by Crippen LogP contribution is -2.46. The van der Waals surface area contributed by atoms with Crippen molar-refractivity contribution in [2.24, 2.45) is 5.73 Å². The average Bonchev–Trinajstić information content (AvgIpc) is 2.62. The first kappa shape index (κ1) is 18.4. The van der Waals surface area contributed by atoms with Crippen molar-refractivity contribution < 1.29 is 9.21 Å². The second kappa shape index (κ2) is 8.32. The fourth-order valence-electron chi connectivity index (χ4n) is 3.52. The Bertz CT molecular complexity index is 814. The van der Waals surface area contributed by atoms with E-state index in [1.54, 1.807) is 11.8 Å². The highest BCUT2D eigenvalue weighted by atomic mass is 16.4. The first-order chi connectivity index (χ1) is 12.5. The summed E-state index contributed by atoms with van der Waals surface area (Å²) in [7, 11) is 0. The van der Waals surface area contributed by atoms with Gasteiger partial charge in [0.15, 0.2) is 0 Å². The van der Waals surface area contributed by atoms with E-state index < -0.39 is 5.63 Å². The predicted molar refractivity (Wildman–Crippen MR) is 101 cm³/mol. The van der Waals surface area contributed by atoms with Gasteiger partial charge >= 0.3 is 5.63 Å². The molecule has 0 saturated carbocycles. The molecule has 1 aromatic carbocycles. The van der Waals surface area contributed by atoms with Crippen molar-refractivity contribution in [1.82, 2.24) is 4.90 Å². The Labute approximate surface area is 153 Å². The van der Waals surface area contributed by atoms with Gasteiger partial charge in [0.2, 0.25) is 0 Å². The third-order valence-corrected chi connectivity index (χ3v) is 4.89.